The summed E-state index contributed by atoms with van der Waals surface area (Å²) in [7, 11) is 1.61. The Labute approximate surface area is 100.0 Å². The molecule has 1 aliphatic heterocycles. The summed E-state index contributed by atoms with van der Waals surface area (Å²) in [5, 5.41) is 3.39. The number of methoxy groups -OCH3 is 1. The van der Waals surface area contributed by atoms with Crippen LogP contribution in [0.15, 0.2) is 12.1 Å². The van der Waals surface area contributed by atoms with E-state index in [9.17, 15) is 0 Å². The summed E-state index contributed by atoms with van der Waals surface area (Å²) >= 11 is 1.98. The Balaban J connectivity index is 2.06. The molecule has 1 aliphatic rings. The van der Waals surface area contributed by atoms with E-state index in [4.69, 9.17) is 10.5 Å². The number of nitrogens with one attached hydrogen (secondary N) is 1. The van der Waals surface area contributed by atoms with Gasteiger partial charge < -0.3 is 15.8 Å². The second kappa shape index (κ2) is 5.30. The van der Waals surface area contributed by atoms with E-state index >= 15 is 0 Å². The minimum atomic E-state index is 0.473. The van der Waals surface area contributed by atoms with Crippen LogP contribution in [-0.2, 0) is 0 Å². The maximum atomic E-state index is 5.87. The number of anilines is 2. The van der Waals surface area contributed by atoms with E-state index in [-0.39, 0.29) is 0 Å². The van der Waals surface area contributed by atoms with Crippen molar-refractivity contribution >= 4 is 23.3 Å². The first-order chi connectivity index (χ1) is 7.79. The molecule has 1 unspecified atom stereocenters. The summed E-state index contributed by atoms with van der Waals surface area (Å²) < 4.78 is 5.09. The summed E-state index contributed by atoms with van der Waals surface area (Å²) in [6.07, 6.45) is 2.44. The number of thioether (sulfide) groups is 1. The first kappa shape index (κ1) is 11.4. The molecule has 1 atom stereocenters. The standard InChI is InChI=1S/C11H17N3OS/c1-15-10-5-4-9(12)11(14-10)13-8-3-2-6-16-7-8/h4-5,8H,2-3,6-7,12H2,1H3,(H,13,14). The SMILES string of the molecule is COc1ccc(N)c(NC2CCCSC2)n1. The third-order valence-electron chi connectivity index (χ3n) is 2.61. The van der Waals surface area contributed by atoms with Crippen LogP contribution in [-0.4, -0.2) is 29.6 Å². The number of hydrogen-bond donors (Lipinski definition) is 2. The lowest BCUT2D eigenvalue weighted by Crippen LogP contribution is -2.26. The predicted molar refractivity (Wildman–Crippen MR) is 69.2 cm³/mol. The normalized spacial score (nSPS) is 20.4. The average Bonchev–Trinajstić information content (AvgIpc) is 2.33. The molecule has 0 saturated carbocycles. The lowest BCUT2D eigenvalue weighted by Gasteiger charge is -2.23. The third-order valence-corrected chi connectivity index (χ3v) is 3.83. The molecule has 2 heterocycles. The van der Waals surface area contributed by atoms with E-state index in [0.29, 0.717) is 17.6 Å². The number of rotatable bonds is 3. The summed E-state index contributed by atoms with van der Waals surface area (Å²) in [6, 6.07) is 4.07. The zero-order valence-electron chi connectivity index (χ0n) is 9.40. The van der Waals surface area contributed by atoms with Crippen molar-refractivity contribution in [3.63, 3.8) is 0 Å². The van der Waals surface area contributed by atoms with Crippen molar-refractivity contribution in [1.82, 2.24) is 4.98 Å². The number of nitrogen functional groups attached to an aromatic ring is 1. The van der Waals surface area contributed by atoms with Gasteiger partial charge in [0.05, 0.1) is 12.8 Å². The fourth-order valence-electron chi connectivity index (χ4n) is 1.73. The van der Waals surface area contributed by atoms with Gasteiger partial charge >= 0.3 is 0 Å². The molecule has 88 valence electrons. The van der Waals surface area contributed by atoms with Crippen molar-refractivity contribution in [2.24, 2.45) is 0 Å². The average molecular weight is 239 g/mol. The van der Waals surface area contributed by atoms with Gasteiger partial charge in [0.15, 0.2) is 5.82 Å². The second-order valence-corrected chi connectivity index (χ2v) is 5.00. The van der Waals surface area contributed by atoms with Crippen molar-refractivity contribution in [3.05, 3.63) is 12.1 Å². The molecule has 0 aliphatic carbocycles. The monoisotopic (exact) mass is 239 g/mol. The Morgan fingerprint density at radius 1 is 1.56 bits per heavy atom. The maximum Gasteiger partial charge on any atom is 0.215 e. The van der Waals surface area contributed by atoms with Crippen molar-refractivity contribution < 1.29 is 4.74 Å². The Morgan fingerprint density at radius 3 is 3.12 bits per heavy atom. The Hall–Kier alpha value is -1.10. The molecule has 5 heteroatoms. The van der Waals surface area contributed by atoms with E-state index in [1.165, 1.54) is 18.6 Å². The molecule has 1 aromatic heterocycles. The van der Waals surface area contributed by atoms with Crippen LogP contribution in [0.25, 0.3) is 0 Å². The lowest BCUT2D eigenvalue weighted by molar-refractivity contribution is 0.398. The Kier molecular flexibility index (Phi) is 3.77. The lowest BCUT2D eigenvalue weighted by atomic mass is 10.2. The van der Waals surface area contributed by atoms with Crippen molar-refractivity contribution in [1.29, 1.82) is 0 Å². The van der Waals surface area contributed by atoms with Gasteiger partial charge in [0, 0.05) is 17.9 Å². The molecule has 0 spiro atoms. The minimum Gasteiger partial charge on any atom is -0.481 e. The summed E-state index contributed by atoms with van der Waals surface area (Å²) in [6.45, 7) is 0. The van der Waals surface area contributed by atoms with Gasteiger partial charge in [-0.15, -0.1) is 0 Å². The van der Waals surface area contributed by atoms with Gasteiger partial charge in [-0.1, -0.05) is 0 Å². The molecule has 0 radical (unpaired) electrons. The van der Waals surface area contributed by atoms with Crippen LogP contribution in [0.1, 0.15) is 12.8 Å². The van der Waals surface area contributed by atoms with Gasteiger partial charge in [0.2, 0.25) is 5.88 Å². The molecule has 0 amide bonds. The largest absolute Gasteiger partial charge is 0.481 e. The Morgan fingerprint density at radius 2 is 2.44 bits per heavy atom. The quantitative estimate of drug-likeness (QED) is 0.844. The van der Waals surface area contributed by atoms with Crippen LogP contribution in [0.2, 0.25) is 0 Å². The van der Waals surface area contributed by atoms with Crippen LogP contribution in [0.3, 0.4) is 0 Å². The number of hydrogen-bond acceptors (Lipinski definition) is 5. The highest BCUT2D eigenvalue weighted by atomic mass is 32.2. The van der Waals surface area contributed by atoms with Crippen LogP contribution < -0.4 is 15.8 Å². The molecule has 16 heavy (non-hydrogen) atoms. The van der Waals surface area contributed by atoms with Crippen molar-refractivity contribution in [2.75, 3.05) is 29.7 Å². The van der Waals surface area contributed by atoms with Gasteiger partial charge in [-0.05, 0) is 24.7 Å². The third kappa shape index (κ3) is 2.72. The fourth-order valence-corrected chi connectivity index (χ4v) is 2.80. The highest BCUT2D eigenvalue weighted by molar-refractivity contribution is 7.99. The van der Waals surface area contributed by atoms with Gasteiger partial charge in [0.25, 0.3) is 0 Å². The molecule has 0 aromatic carbocycles. The number of aromatic nitrogens is 1. The van der Waals surface area contributed by atoms with Gasteiger partial charge in [-0.2, -0.15) is 16.7 Å². The summed E-state index contributed by atoms with van der Waals surface area (Å²) in [5.74, 6) is 3.73. The van der Waals surface area contributed by atoms with Crippen LogP contribution in [0.5, 0.6) is 5.88 Å². The molecular weight excluding hydrogens is 222 g/mol. The molecule has 3 N–H and O–H groups in total. The molecule has 1 aromatic rings. The zero-order valence-corrected chi connectivity index (χ0v) is 10.2. The summed E-state index contributed by atoms with van der Waals surface area (Å²) in [5.41, 5.74) is 6.55. The van der Waals surface area contributed by atoms with Crippen LogP contribution in [0, 0.1) is 0 Å². The molecular formula is C11H17N3OS. The van der Waals surface area contributed by atoms with E-state index in [2.05, 4.69) is 10.3 Å². The van der Waals surface area contributed by atoms with Gasteiger partial charge in [-0.25, -0.2) is 0 Å². The minimum absolute atomic E-state index is 0.473. The van der Waals surface area contributed by atoms with Crippen LogP contribution >= 0.6 is 11.8 Å². The van der Waals surface area contributed by atoms with Gasteiger partial charge in [0.1, 0.15) is 0 Å². The van der Waals surface area contributed by atoms with Crippen LogP contribution in [0.4, 0.5) is 11.5 Å². The molecule has 1 saturated heterocycles. The fraction of sp³-hybridized carbons (Fsp3) is 0.545. The van der Waals surface area contributed by atoms with Crippen molar-refractivity contribution in [2.45, 2.75) is 18.9 Å². The maximum absolute atomic E-state index is 5.87. The number of ether oxygens (including phenoxy) is 1. The van der Waals surface area contributed by atoms with Gasteiger partial charge in [-0.3, -0.25) is 0 Å². The first-order valence-electron chi connectivity index (χ1n) is 5.44. The molecule has 4 nitrogen and oxygen atoms in total. The van der Waals surface area contributed by atoms with Crippen molar-refractivity contribution in [3.8, 4) is 5.88 Å². The highest BCUT2D eigenvalue weighted by Crippen LogP contribution is 2.24. The Bertz CT molecular complexity index is 353. The number of pyridine rings is 1. The second-order valence-electron chi connectivity index (χ2n) is 3.85. The van der Waals surface area contributed by atoms with E-state index in [1.54, 1.807) is 13.2 Å². The highest BCUT2D eigenvalue weighted by Gasteiger charge is 2.15. The molecule has 0 bridgehead atoms. The van der Waals surface area contributed by atoms with E-state index in [1.807, 2.05) is 17.8 Å². The first-order valence-corrected chi connectivity index (χ1v) is 6.60. The summed E-state index contributed by atoms with van der Waals surface area (Å²) in [4.78, 5) is 4.32. The number of nitrogens with two attached hydrogens (primary N) is 1. The zero-order chi connectivity index (χ0) is 11.4. The smallest absolute Gasteiger partial charge is 0.215 e. The molecule has 1 fully saturated rings. The number of nitrogens with zero attached hydrogens (tertiary/aromatic N) is 1. The topological polar surface area (TPSA) is 60.2 Å². The van der Waals surface area contributed by atoms with E-state index < -0.39 is 0 Å². The molecule has 2 rings (SSSR count). The predicted octanol–water partition coefficient (Wildman–Crippen LogP) is 1.98. The van der Waals surface area contributed by atoms with E-state index in [0.717, 1.165) is 11.6 Å².